The number of urea groups is 1. The highest BCUT2D eigenvalue weighted by Gasteiger charge is 2.37. The Morgan fingerprint density at radius 3 is 2.41 bits per heavy atom. The first-order chi connectivity index (χ1) is 15.4. The van der Waals surface area contributed by atoms with Crippen LogP contribution in [0.3, 0.4) is 0 Å². The van der Waals surface area contributed by atoms with Crippen LogP contribution in [0.5, 0.6) is 0 Å². The number of ether oxygens (including phenoxy) is 1. The Morgan fingerprint density at radius 1 is 1.06 bits per heavy atom. The van der Waals surface area contributed by atoms with Crippen LogP contribution in [0, 0.1) is 0 Å². The SMILES string of the molecule is COC(=O)C1=C(C)N(CCCC(=O)O)C(=O)NC1c1cc2ccccc2c2ccccc12. The van der Waals surface area contributed by atoms with Gasteiger partial charge in [-0.2, -0.15) is 0 Å². The van der Waals surface area contributed by atoms with E-state index in [1.807, 2.05) is 54.6 Å². The minimum absolute atomic E-state index is 0.0661. The van der Waals surface area contributed by atoms with Gasteiger partial charge in [-0.1, -0.05) is 48.5 Å². The number of rotatable bonds is 6. The van der Waals surface area contributed by atoms with E-state index in [0.717, 1.165) is 27.1 Å². The van der Waals surface area contributed by atoms with Crippen LogP contribution in [0.1, 0.15) is 31.4 Å². The Balaban J connectivity index is 1.88. The molecule has 0 radical (unpaired) electrons. The summed E-state index contributed by atoms with van der Waals surface area (Å²) in [6.07, 6.45) is 0.210. The monoisotopic (exact) mass is 432 g/mol. The summed E-state index contributed by atoms with van der Waals surface area (Å²) in [5.41, 5.74) is 1.61. The van der Waals surface area contributed by atoms with Crippen LogP contribution >= 0.6 is 0 Å². The van der Waals surface area contributed by atoms with Gasteiger partial charge in [0.15, 0.2) is 0 Å². The normalized spacial score (nSPS) is 16.4. The molecular formula is C25H24N2O5. The average molecular weight is 432 g/mol. The smallest absolute Gasteiger partial charge is 0.337 e. The van der Waals surface area contributed by atoms with Crippen molar-refractivity contribution >= 4 is 39.5 Å². The maximum Gasteiger partial charge on any atom is 0.337 e. The van der Waals surface area contributed by atoms with Gasteiger partial charge < -0.3 is 15.2 Å². The first-order valence-corrected chi connectivity index (χ1v) is 10.4. The molecule has 32 heavy (non-hydrogen) atoms. The minimum atomic E-state index is -0.933. The second-order valence-electron chi connectivity index (χ2n) is 7.75. The molecule has 3 aromatic carbocycles. The Labute approximate surface area is 185 Å². The van der Waals surface area contributed by atoms with Gasteiger partial charge in [-0.3, -0.25) is 9.69 Å². The highest BCUT2D eigenvalue weighted by molar-refractivity contribution is 6.10. The van der Waals surface area contributed by atoms with E-state index in [4.69, 9.17) is 9.84 Å². The Hall–Kier alpha value is -3.87. The lowest BCUT2D eigenvalue weighted by molar-refractivity contribution is -0.138. The van der Waals surface area contributed by atoms with Crippen LogP contribution < -0.4 is 5.32 Å². The van der Waals surface area contributed by atoms with Crippen LogP contribution in [-0.4, -0.2) is 41.6 Å². The predicted octanol–water partition coefficient (Wildman–Crippen LogP) is 4.37. The molecule has 1 unspecified atom stereocenters. The van der Waals surface area contributed by atoms with E-state index < -0.39 is 18.0 Å². The highest BCUT2D eigenvalue weighted by atomic mass is 16.5. The van der Waals surface area contributed by atoms with E-state index in [1.54, 1.807) is 6.92 Å². The molecule has 1 atom stereocenters. The summed E-state index contributed by atoms with van der Waals surface area (Å²) in [6.45, 7) is 1.89. The summed E-state index contributed by atoms with van der Waals surface area (Å²) >= 11 is 0. The van der Waals surface area contributed by atoms with Crippen molar-refractivity contribution in [2.45, 2.75) is 25.8 Å². The Kier molecular flexibility index (Phi) is 5.81. The maximum atomic E-state index is 13.0. The van der Waals surface area contributed by atoms with Crippen molar-refractivity contribution in [3.05, 3.63) is 71.4 Å². The zero-order valence-corrected chi connectivity index (χ0v) is 17.9. The number of carboxylic acid groups (broad SMARTS) is 1. The third-order valence-electron chi connectivity index (χ3n) is 5.89. The lowest BCUT2D eigenvalue weighted by Crippen LogP contribution is -2.48. The number of benzene rings is 3. The zero-order valence-electron chi connectivity index (χ0n) is 17.9. The summed E-state index contributed by atoms with van der Waals surface area (Å²) in [4.78, 5) is 38.1. The summed E-state index contributed by atoms with van der Waals surface area (Å²) in [6, 6.07) is 16.8. The molecule has 0 saturated carbocycles. The van der Waals surface area contributed by atoms with E-state index in [1.165, 1.54) is 12.0 Å². The fourth-order valence-electron chi connectivity index (χ4n) is 4.37. The highest BCUT2D eigenvalue weighted by Crippen LogP contribution is 2.38. The Bertz CT molecular complexity index is 1260. The molecule has 2 amide bonds. The maximum absolute atomic E-state index is 13.0. The molecule has 7 heteroatoms. The molecule has 0 fully saturated rings. The summed E-state index contributed by atoms with van der Waals surface area (Å²) < 4.78 is 5.07. The van der Waals surface area contributed by atoms with Crippen molar-refractivity contribution in [3.8, 4) is 0 Å². The molecule has 164 valence electrons. The Morgan fingerprint density at radius 2 is 1.72 bits per heavy atom. The van der Waals surface area contributed by atoms with Gasteiger partial charge in [0.25, 0.3) is 0 Å². The number of hydrogen-bond donors (Lipinski definition) is 2. The molecule has 0 aromatic heterocycles. The molecule has 0 spiro atoms. The molecule has 3 aromatic rings. The van der Waals surface area contributed by atoms with E-state index >= 15 is 0 Å². The van der Waals surface area contributed by atoms with Crippen molar-refractivity contribution in [3.63, 3.8) is 0 Å². The average Bonchev–Trinajstić information content (AvgIpc) is 2.79. The van der Waals surface area contributed by atoms with E-state index in [2.05, 4.69) is 5.32 Å². The van der Waals surface area contributed by atoms with Crippen LogP contribution in [-0.2, 0) is 14.3 Å². The number of nitrogens with zero attached hydrogens (tertiary/aromatic N) is 1. The predicted molar refractivity (Wildman–Crippen MR) is 121 cm³/mol. The third-order valence-corrected chi connectivity index (χ3v) is 5.89. The van der Waals surface area contributed by atoms with Gasteiger partial charge in [0.2, 0.25) is 0 Å². The van der Waals surface area contributed by atoms with Gasteiger partial charge in [0, 0.05) is 18.7 Å². The topological polar surface area (TPSA) is 95.9 Å². The van der Waals surface area contributed by atoms with Crippen molar-refractivity contribution < 1.29 is 24.2 Å². The van der Waals surface area contributed by atoms with Crippen molar-refractivity contribution in [2.75, 3.05) is 13.7 Å². The molecule has 0 bridgehead atoms. The summed E-state index contributed by atoms with van der Waals surface area (Å²) in [5, 5.41) is 15.9. The first-order valence-electron chi connectivity index (χ1n) is 10.4. The molecule has 0 aliphatic carbocycles. The lowest BCUT2D eigenvalue weighted by atomic mass is 9.88. The molecular weight excluding hydrogens is 408 g/mol. The first kappa shape index (κ1) is 21.4. The van der Waals surface area contributed by atoms with Gasteiger partial charge in [0.05, 0.1) is 18.7 Å². The second kappa shape index (κ2) is 8.70. The van der Waals surface area contributed by atoms with Crippen molar-refractivity contribution in [2.24, 2.45) is 0 Å². The van der Waals surface area contributed by atoms with E-state index in [0.29, 0.717) is 11.3 Å². The number of hydrogen-bond acceptors (Lipinski definition) is 4. The lowest BCUT2D eigenvalue weighted by Gasteiger charge is -2.35. The number of esters is 1. The quantitative estimate of drug-likeness (QED) is 0.445. The number of carboxylic acids is 1. The molecule has 0 saturated heterocycles. The second-order valence-corrected chi connectivity index (χ2v) is 7.75. The molecule has 1 aliphatic heterocycles. The van der Waals surface area contributed by atoms with Crippen LogP contribution in [0.25, 0.3) is 21.5 Å². The zero-order chi connectivity index (χ0) is 22.8. The largest absolute Gasteiger partial charge is 0.481 e. The number of carbonyl (C=O) groups excluding carboxylic acids is 2. The van der Waals surface area contributed by atoms with Gasteiger partial charge >= 0.3 is 18.0 Å². The number of fused-ring (bicyclic) bond motifs is 3. The molecule has 4 rings (SSSR count). The number of allylic oxidation sites excluding steroid dienone is 1. The summed E-state index contributed by atoms with van der Waals surface area (Å²) in [5.74, 6) is -1.47. The number of nitrogens with one attached hydrogen (secondary N) is 1. The van der Waals surface area contributed by atoms with Crippen LogP contribution in [0.2, 0.25) is 0 Å². The fourth-order valence-corrected chi connectivity index (χ4v) is 4.37. The van der Waals surface area contributed by atoms with Crippen molar-refractivity contribution in [1.82, 2.24) is 10.2 Å². The number of carbonyl (C=O) groups is 3. The van der Waals surface area contributed by atoms with E-state index in [9.17, 15) is 14.4 Å². The third kappa shape index (κ3) is 3.77. The molecule has 7 nitrogen and oxygen atoms in total. The van der Waals surface area contributed by atoms with Crippen LogP contribution in [0.15, 0.2) is 65.9 Å². The molecule has 1 heterocycles. The number of methoxy groups -OCH3 is 1. The summed E-state index contributed by atoms with van der Waals surface area (Å²) in [7, 11) is 1.31. The molecule has 1 aliphatic rings. The number of aliphatic carboxylic acids is 1. The fraction of sp³-hybridized carbons (Fsp3) is 0.240. The van der Waals surface area contributed by atoms with Gasteiger partial charge in [0.1, 0.15) is 0 Å². The van der Waals surface area contributed by atoms with Gasteiger partial charge in [-0.05, 0) is 46.5 Å². The minimum Gasteiger partial charge on any atom is -0.481 e. The van der Waals surface area contributed by atoms with Crippen LogP contribution in [0.4, 0.5) is 4.79 Å². The van der Waals surface area contributed by atoms with Gasteiger partial charge in [-0.15, -0.1) is 0 Å². The number of amides is 2. The molecule has 2 N–H and O–H groups in total. The van der Waals surface area contributed by atoms with E-state index in [-0.39, 0.29) is 25.4 Å². The van der Waals surface area contributed by atoms with Gasteiger partial charge in [-0.25, -0.2) is 9.59 Å². The standard InChI is InChI=1S/C25H24N2O5/c1-15-22(24(30)32-2)23(26-25(31)27(15)13-7-12-21(28)29)20-14-16-8-3-4-9-17(16)18-10-5-6-11-19(18)20/h3-6,8-11,14,23H,7,12-13H2,1-2H3,(H,26,31)(H,28,29). The van der Waals surface area contributed by atoms with Crippen molar-refractivity contribution in [1.29, 1.82) is 0 Å².